The van der Waals surface area contributed by atoms with Gasteiger partial charge < -0.3 is 20.7 Å². The molecule has 0 bridgehead atoms. The number of anilines is 3. The summed E-state index contributed by atoms with van der Waals surface area (Å²) in [6.07, 6.45) is 6.42. The number of pyridine rings is 1. The van der Waals surface area contributed by atoms with Crippen LogP contribution in [0.3, 0.4) is 0 Å². The van der Waals surface area contributed by atoms with Gasteiger partial charge in [-0.3, -0.25) is 0 Å². The summed E-state index contributed by atoms with van der Waals surface area (Å²) < 4.78 is 4.88. The first kappa shape index (κ1) is 19.5. The average Bonchev–Trinajstić information content (AvgIpc) is 2.73. The fraction of sp³-hybridized carbons (Fsp3) is 0.421. The maximum absolute atomic E-state index is 12.1. The molecule has 3 heterocycles. The Labute approximate surface area is 163 Å². The van der Waals surface area contributed by atoms with E-state index in [-0.39, 0.29) is 11.1 Å². The second-order valence-electron chi connectivity index (χ2n) is 7.04. The van der Waals surface area contributed by atoms with Gasteiger partial charge in [-0.2, -0.15) is 5.26 Å². The number of hydrogen-bond donors (Lipinski definition) is 3. The van der Waals surface area contributed by atoms with Crippen molar-refractivity contribution in [3.8, 4) is 6.07 Å². The predicted octanol–water partition coefficient (Wildman–Crippen LogP) is 2.08. The predicted molar refractivity (Wildman–Crippen MR) is 104 cm³/mol. The molecule has 3 N–H and O–H groups in total. The van der Waals surface area contributed by atoms with Crippen molar-refractivity contribution in [2.24, 2.45) is 5.41 Å². The molecule has 1 fully saturated rings. The highest BCUT2D eigenvalue weighted by Gasteiger charge is 2.27. The van der Waals surface area contributed by atoms with Crippen LogP contribution in [0, 0.1) is 16.7 Å². The van der Waals surface area contributed by atoms with Crippen molar-refractivity contribution in [2.45, 2.75) is 19.8 Å². The minimum absolute atomic E-state index is 0.147. The first-order valence-corrected chi connectivity index (χ1v) is 9.05. The van der Waals surface area contributed by atoms with Crippen molar-refractivity contribution >= 4 is 23.3 Å². The van der Waals surface area contributed by atoms with Crippen LogP contribution in [0.15, 0.2) is 24.7 Å². The maximum atomic E-state index is 12.1. The number of methoxy groups -OCH3 is 1. The number of nitriles is 1. The second-order valence-corrected chi connectivity index (χ2v) is 7.04. The van der Waals surface area contributed by atoms with Crippen LogP contribution in [-0.4, -0.2) is 47.7 Å². The Hall–Kier alpha value is -3.25. The minimum Gasteiger partial charge on any atom is -0.465 e. The SMILES string of the molecule is COC(=O)c1cnc(Nc2cnc(C#N)cn2)cc1NCC1(C)CCNCC1. The number of esters is 1. The zero-order valence-electron chi connectivity index (χ0n) is 16.0. The molecule has 0 radical (unpaired) electrons. The summed E-state index contributed by atoms with van der Waals surface area (Å²) in [5.41, 5.74) is 1.40. The molecule has 2 aromatic heterocycles. The van der Waals surface area contributed by atoms with Crippen molar-refractivity contribution < 1.29 is 9.53 Å². The third-order valence-corrected chi connectivity index (χ3v) is 4.85. The van der Waals surface area contributed by atoms with Gasteiger partial charge in [0.2, 0.25) is 0 Å². The Bertz CT molecular complexity index is 871. The van der Waals surface area contributed by atoms with Crippen LogP contribution in [0.2, 0.25) is 0 Å². The molecule has 1 aliphatic rings. The second kappa shape index (κ2) is 8.63. The monoisotopic (exact) mass is 381 g/mol. The third-order valence-electron chi connectivity index (χ3n) is 4.85. The van der Waals surface area contributed by atoms with Gasteiger partial charge >= 0.3 is 5.97 Å². The van der Waals surface area contributed by atoms with Gasteiger partial charge in [-0.05, 0) is 31.3 Å². The van der Waals surface area contributed by atoms with Crippen molar-refractivity contribution in [2.75, 3.05) is 37.4 Å². The van der Waals surface area contributed by atoms with Crippen molar-refractivity contribution in [1.29, 1.82) is 5.26 Å². The average molecular weight is 381 g/mol. The number of nitrogens with one attached hydrogen (secondary N) is 3. The largest absolute Gasteiger partial charge is 0.465 e. The van der Waals surface area contributed by atoms with E-state index in [4.69, 9.17) is 10.00 Å². The summed E-state index contributed by atoms with van der Waals surface area (Å²) in [6.45, 7) is 4.95. The summed E-state index contributed by atoms with van der Waals surface area (Å²) in [7, 11) is 1.35. The summed E-state index contributed by atoms with van der Waals surface area (Å²) in [5, 5.41) is 18.6. The molecule has 3 rings (SSSR count). The molecule has 28 heavy (non-hydrogen) atoms. The number of hydrogen-bond acceptors (Lipinski definition) is 9. The lowest BCUT2D eigenvalue weighted by molar-refractivity contribution is 0.0601. The van der Waals surface area contributed by atoms with Gasteiger partial charge in [0.1, 0.15) is 23.3 Å². The van der Waals surface area contributed by atoms with Gasteiger partial charge in [-0.25, -0.2) is 19.7 Å². The van der Waals surface area contributed by atoms with Crippen molar-refractivity contribution in [1.82, 2.24) is 20.3 Å². The molecular weight excluding hydrogens is 358 g/mol. The third kappa shape index (κ3) is 4.72. The Balaban J connectivity index is 1.79. The van der Waals surface area contributed by atoms with E-state index in [0.717, 1.165) is 32.5 Å². The van der Waals surface area contributed by atoms with Crippen LogP contribution in [0.5, 0.6) is 0 Å². The normalized spacial score (nSPS) is 15.3. The van der Waals surface area contributed by atoms with Crippen LogP contribution in [-0.2, 0) is 4.74 Å². The van der Waals surface area contributed by atoms with E-state index in [1.807, 2.05) is 6.07 Å². The highest BCUT2D eigenvalue weighted by atomic mass is 16.5. The molecule has 0 aromatic carbocycles. The molecule has 1 saturated heterocycles. The first-order chi connectivity index (χ1) is 13.5. The van der Waals surface area contributed by atoms with E-state index in [0.29, 0.717) is 22.9 Å². The molecule has 0 spiro atoms. The first-order valence-electron chi connectivity index (χ1n) is 9.05. The lowest BCUT2D eigenvalue weighted by Crippen LogP contribution is -2.39. The van der Waals surface area contributed by atoms with Gasteiger partial charge in [0.25, 0.3) is 0 Å². The quantitative estimate of drug-likeness (QED) is 0.645. The molecule has 0 amide bonds. The Kier molecular flexibility index (Phi) is 6.01. The van der Waals surface area contributed by atoms with Crippen LogP contribution < -0.4 is 16.0 Å². The molecule has 0 aliphatic carbocycles. The van der Waals surface area contributed by atoms with E-state index in [2.05, 4.69) is 37.8 Å². The molecule has 1 aliphatic heterocycles. The Morgan fingerprint density at radius 1 is 1.25 bits per heavy atom. The van der Waals surface area contributed by atoms with Gasteiger partial charge in [0, 0.05) is 18.8 Å². The number of carbonyl (C=O) groups excluding carboxylic acids is 1. The number of rotatable bonds is 6. The fourth-order valence-electron chi connectivity index (χ4n) is 3.04. The van der Waals surface area contributed by atoms with E-state index in [1.54, 1.807) is 6.07 Å². The van der Waals surface area contributed by atoms with E-state index in [9.17, 15) is 4.79 Å². The van der Waals surface area contributed by atoms with Gasteiger partial charge in [-0.15, -0.1) is 0 Å². The molecule has 9 heteroatoms. The zero-order chi connectivity index (χ0) is 20.0. The highest BCUT2D eigenvalue weighted by molar-refractivity contribution is 5.95. The van der Waals surface area contributed by atoms with Crippen molar-refractivity contribution in [3.63, 3.8) is 0 Å². The number of aromatic nitrogens is 3. The lowest BCUT2D eigenvalue weighted by Gasteiger charge is -2.34. The molecule has 2 aromatic rings. The van der Waals surface area contributed by atoms with E-state index < -0.39 is 5.97 Å². The number of piperidine rings is 1. The van der Waals surface area contributed by atoms with Crippen molar-refractivity contribution in [3.05, 3.63) is 35.9 Å². The van der Waals surface area contributed by atoms with E-state index in [1.165, 1.54) is 25.7 Å². The Morgan fingerprint density at radius 2 is 2.00 bits per heavy atom. The minimum atomic E-state index is -0.449. The summed E-state index contributed by atoms with van der Waals surface area (Å²) in [6, 6.07) is 3.67. The van der Waals surface area contributed by atoms with Gasteiger partial charge in [-0.1, -0.05) is 6.92 Å². The maximum Gasteiger partial charge on any atom is 0.341 e. The highest BCUT2D eigenvalue weighted by Crippen LogP contribution is 2.29. The van der Waals surface area contributed by atoms with Gasteiger partial charge in [0.05, 0.1) is 25.2 Å². The van der Waals surface area contributed by atoms with Crippen LogP contribution in [0.25, 0.3) is 0 Å². The molecule has 0 unspecified atom stereocenters. The molecule has 9 nitrogen and oxygen atoms in total. The van der Waals surface area contributed by atoms with Gasteiger partial charge in [0.15, 0.2) is 5.69 Å². The number of carbonyl (C=O) groups is 1. The number of ether oxygens (including phenoxy) is 1. The standard InChI is InChI=1S/C19H23N7O2/c1-19(3-5-21-6-4-19)12-25-15-7-16(24-10-14(15)18(27)28-2)26-17-11-22-13(8-20)9-23-17/h7,9-11,21H,3-6,12H2,1-2H3,(H2,23,24,25,26). The summed E-state index contributed by atoms with van der Waals surface area (Å²) in [5.74, 6) is 0.508. The molecule has 146 valence electrons. The Morgan fingerprint density at radius 3 is 2.64 bits per heavy atom. The summed E-state index contributed by atoms with van der Waals surface area (Å²) >= 11 is 0. The number of nitrogens with zero attached hydrogens (tertiary/aromatic N) is 4. The fourth-order valence-corrected chi connectivity index (χ4v) is 3.04. The lowest BCUT2D eigenvalue weighted by atomic mass is 9.81. The van der Waals surface area contributed by atoms with Crippen LogP contribution in [0.4, 0.5) is 17.3 Å². The van der Waals surface area contributed by atoms with E-state index >= 15 is 0 Å². The molecule has 0 atom stereocenters. The van der Waals surface area contributed by atoms with Crippen LogP contribution in [0.1, 0.15) is 35.8 Å². The zero-order valence-corrected chi connectivity index (χ0v) is 16.0. The molecule has 0 saturated carbocycles. The summed E-state index contributed by atoms with van der Waals surface area (Å²) in [4.78, 5) is 24.5. The molecular formula is C19H23N7O2. The topological polar surface area (TPSA) is 125 Å². The van der Waals surface area contributed by atoms with Crippen LogP contribution >= 0.6 is 0 Å². The smallest absolute Gasteiger partial charge is 0.341 e.